The standard InChI is InChI=1S/C16H21N3O/c17-12-5-6-15-13(9-12)14(10-19-15)16(20)18-8-7-11-3-1-2-4-11/h5-6,9-11,19H,1-4,7-8,17H2,(H,18,20). The second-order valence-corrected chi connectivity index (χ2v) is 5.70. The van der Waals surface area contributed by atoms with Crippen LogP contribution in [0.3, 0.4) is 0 Å². The van der Waals surface area contributed by atoms with Crippen LogP contribution in [0, 0.1) is 5.92 Å². The lowest BCUT2D eigenvalue weighted by Gasteiger charge is -2.09. The highest BCUT2D eigenvalue weighted by Gasteiger charge is 2.16. The smallest absolute Gasteiger partial charge is 0.253 e. The number of aromatic nitrogens is 1. The number of nitrogens with one attached hydrogen (secondary N) is 2. The van der Waals surface area contributed by atoms with Gasteiger partial charge in [-0.3, -0.25) is 4.79 Å². The molecule has 1 heterocycles. The first-order valence-corrected chi connectivity index (χ1v) is 7.39. The van der Waals surface area contributed by atoms with Crippen molar-refractivity contribution in [2.75, 3.05) is 12.3 Å². The predicted molar refractivity (Wildman–Crippen MR) is 81.6 cm³/mol. The van der Waals surface area contributed by atoms with Crippen LogP contribution in [0.2, 0.25) is 0 Å². The molecule has 1 fully saturated rings. The van der Waals surface area contributed by atoms with Crippen molar-refractivity contribution in [1.29, 1.82) is 0 Å². The quantitative estimate of drug-likeness (QED) is 0.748. The number of benzene rings is 1. The van der Waals surface area contributed by atoms with Gasteiger partial charge in [-0.05, 0) is 30.5 Å². The van der Waals surface area contributed by atoms with Gasteiger partial charge in [0.15, 0.2) is 0 Å². The van der Waals surface area contributed by atoms with E-state index < -0.39 is 0 Å². The van der Waals surface area contributed by atoms with Crippen molar-refractivity contribution in [3.63, 3.8) is 0 Å². The molecule has 3 rings (SSSR count). The number of anilines is 1. The van der Waals surface area contributed by atoms with Crippen molar-refractivity contribution in [3.8, 4) is 0 Å². The average Bonchev–Trinajstić information content (AvgIpc) is 3.07. The Morgan fingerprint density at radius 1 is 1.35 bits per heavy atom. The first-order valence-electron chi connectivity index (χ1n) is 7.39. The van der Waals surface area contributed by atoms with Gasteiger partial charge in [-0.25, -0.2) is 0 Å². The van der Waals surface area contributed by atoms with Crippen LogP contribution in [0.4, 0.5) is 5.69 Å². The molecule has 1 aliphatic rings. The normalized spacial score (nSPS) is 15.8. The molecule has 0 unspecified atom stereocenters. The second-order valence-electron chi connectivity index (χ2n) is 5.70. The van der Waals surface area contributed by atoms with Crippen molar-refractivity contribution in [2.24, 2.45) is 5.92 Å². The summed E-state index contributed by atoms with van der Waals surface area (Å²) in [7, 11) is 0. The number of aromatic amines is 1. The molecule has 0 aliphatic heterocycles. The first kappa shape index (κ1) is 13.0. The minimum atomic E-state index is -0.0140. The maximum atomic E-state index is 12.2. The number of carbonyl (C=O) groups excluding carboxylic acids is 1. The summed E-state index contributed by atoms with van der Waals surface area (Å²) in [6.45, 7) is 0.762. The fourth-order valence-electron chi connectivity index (χ4n) is 3.11. The van der Waals surface area contributed by atoms with Gasteiger partial charge in [0.2, 0.25) is 0 Å². The number of nitrogen functional groups attached to an aromatic ring is 1. The van der Waals surface area contributed by atoms with E-state index in [9.17, 15) is 4.79 Å². The fraction of sp³-hybridized carbons (Fsp3) is 0.438. The molecule has 106 valence electrons. The Morgan fingerprint density at radius 3 is 2.95 bits per heavy atom. The van der Waals surface area contributed by atoms with E-state index in [0.29, 0.717) is 11.3 Å². The number of nitrogens with two attached hydrogens (primary N) is 1. The summed E-state index contributed by atoms with van der Waals surface area (Å²) in [5.41, 5.74) is 8.09. The molecule has 4 N–H and O–H groups in total. The van der Waals surface area contributed by atoms with Crippen LogP contribution in [0.5, 0.6) is 0 Å². The zero-order valence-corrected chi connectivity index (χ0v) is 11.6. The summed E-state index contributed by atoms with van der Waals surface area (Å²) in [6.07, 6.45) is 8.19. The number of carbonyl (C=O) groups is 1. The third-order valence-corrected chi connectivity index (χ3v) is 4.26. The first-order chi connectivity index (χ1) is 9.74. The van der Waals surface area contributed by atoms with E-state index in [-0.39, 0.29) is 5.91 Å². The highest BCUT2D eigenvalue weighted by molar-refractivity contribution is 6.07. The van der Waals surface area contributed by atoms with Crippen LogP contribution >= 0.6 is 0 Å². The summed E-state index contributed by atoms with van der Waals surface area (Å²) in [5.74, 6) is 0.786. The number of fused-ring (bicyclic) bond motifs is 1. The maximum absolute atomic E-state index is 12.2. The highest BCUT2D eigenvalue weighted by atomic mass is 16.1. The molecule has 0 atom stereocenters. The zero-order chi connectivity index (χ0) is 13.9. The van der Waals surface area contributed by atoms with Crippen LogP contribution < -0.4 is 11.1 Å². The lowest BCUT2D eigenvalue weighted by molar-refractivity contribution is 0.0953. The molecule has 20 heavy (non-hydrogen) atoms. The van der Waals surface area contributed by atoms with E-state index in [4.69, 9.17) is 5.73 Å². The molecular weight excluding hydrogens is 250 g/mol. The number of hydrogen-bond donors (Lipinski definition) is 3. The molecule has 1 aliphatic carbocycles. The van der Waals surface area contributed by atoms with Crippen molar-refractivity contribution in [3.05, 3.63) is 30.0 Å². The Hall–Kier alpha value is -1.97. The Labute approximate surface area is 118 Å². The molecule has 4 heteroatoms. The molecule has 1 saturated carbocycles. The second kappa shape index (κ2) is 5.57. The third kappa shape index (κ3) is 2.64. The Kier molecular flexibility index (Phi) is 3.63. The number of amides is 1. The van der Waals surface area contributed by atoms with Crippen molar-refractivity contribution >= 4 is 22.5 Å². The number of hydrogen-bond acceptors (Lipinski definition) is 2. The van der Waals surface area contributed by atoms with Crippen molar-refractivity contribution < 1.29 is 4.79 Å². The van der Waals surface area contributed by atoms with Gasteiger partial charge >= 0.3 is 0 Å². The van der Waals surface area contributed by atoms with Crippen LogP contribution in [0.1, 0.15) is 42.5 Å². The van der Waals surface area contributed by atoms with Gasteiger partial charge in [-0.2, -0.15) is 0 Å². The predicted octanol–water partition coefficient (Wildman–Crippen LogP) is 3.06. The third-order valence-electron chi connectivity index (χ3n) is 4.26. The van der Waals surface area contributed by atoms with E-state index >= 15 is 0 Å². The molecule has 0 spiro atoms. The molecule has 0 bridgehead atoms. The van der Waals surface area contributed by atoms with Gasteiger partial charge in [0, 0.05) is 29.3 Å². The molecule has 2 aromatic rings. The van der Waals surface area contributed by atoms with Crippen molar-refractivity contribution in [2.45, 2.75) is 32.1 Å². The molecular formula is C16H21N3O. The van der Waals surface area contributed by atoms with E-state index in [1.165, 1.54) is 25.7 Å². The lowest BCUT2D eigenvalue weighted by atomic mass is 10.0. The summed E-state index contributed by atoms with van der Waals surface area (Å²) in [5, 5.41) is 3.92. The molecule has 0 radical (unpaired) electrons. The monoisotopic (exact) mass is 271 g/mol. The highest BCUT2D eigenvalue weighted by Crippen LogP contribution is 2.27. The summed E-state index contributed by atoms with van der Waals surface area (Å²) in [4.78, 5) is 15.3. The Bertz CT molecular complexity index is 611. The summed E-state index contributed by atoms with van der Waals surface area (Å²) >= 11 is 0. The lowest BCUT2D eigenvalue weighted by Crippen LogP contribution is -2.25. The molecule has 1 aromatic heterocycles. The van der Waals surface area contributed by atoms with Crippen LogP contribution in [-0.2, 0) is 0 Å². The van der Waals surface area contributed by atoms with Crippen LogP contribution in [0.15, 0.2) is 24.4 Å². The minimum absolute atomic E-state index is 0.0140. The van der Waals surface area contributed by atoms with E-state index in [1.807, 2.05) is 18.2 Å². The minimum Gasteiger partial charge on any atom is -0.399 e. The topological polar surface area (TPSA) is 70.9 Å². The van der Waals surface area contributed by atoms with E-state index in [0.717, 1.165) is 29.8 Å². The fourth-order valence-corrected chi connectivity index (χ4v) is 3.11. The zero-order valence-electron chi connectivity index (χ0n) is 11.6. The SMILES string of the molecule is Nc1ccc2[nH]cc(C(=O)NCCC3CCCC3)c2c1. The number of H-pyrrole nitrogens is 1. The summed E-state index contributed by atoms with van der Waals surface area (Å²) < 4.78 is 0. The van der Waals surface area contributed by atoms with Gasteiger partial charge in [-0.15, -0.1) is 0 Å². The van der Waals surface area contributed by atoms with Gasteiger partial charge < -0.3 is 16.0 Å². The van der Waals surface area contributed by atoms with E-state index in [1.54, 1.807) is 6.20 Å². The van der Waals surface area contributed by atoms with Gasteiger partial charge in [0.05, 0.1) is 5.56 Å². The van der Waals surface area contributed by atoms with Gasteiger partial charge in [0.25, 0.3) is 5.91 Å². The Balaban J connectivity index is 1.64. The largest absolute Gasteiger partial charge is 0.399 e. The molecule has 4 nitrogen and oxygen atoms in total. The number of rotatable bonds is 4. The van der Waals surface area contributed by atoms with Crippen molar-refractivity contribution in [1.82, 2.24) is 10.3 Å². The maximum Gasteiger partial charge on any atom is 0.253 e. The molecule has 1 aromatic carbocycles. The van der Waals surface area contributed by atoms with Gasteiger partial charge in [-0.1, -0.05) is 25.7 Å². The molecule has 0 saturated heterocycles. The average molecular weight is 271 g/mol. The van der Waals surface area contributed by atoms with Crippen LogP contribution in [0.25, 0.3) is 10.9 Å². The van der Waals surface area contributed by atoms with Crippen LogP contribution in [-0.4, -0.2) is 17.4 Å². The van der Waals surface area contributed by atoms with E-state index in [2.05, 4.69) is 10.3 Å². The van der Waals surface area contributed by atoms with Gasteiger partial charge in [0.1, 0.15) is 0 Å². The summed E-state index contributed by atoms with van der Waals surface area (Å²) in [6, 6.07) is 5.58. The molecule has 1 amide bonds. The Morgan fingerprint density at radius 2 is 2.15 bits per heavy atom.